The van der Waals surface area contributed by atoms with Gasteiger partial charge in [0.15, 0.2) is 5.82 Å². The second-order valence-electron chi connectivity index (χ2n) is 6.38. The molecule has 0 aliphatic rings. The van der Waals surface area contributed by atoms with Crippen molar-refractivity contribution in [3.05, 3.63) is 83.0 Å². The molecule has 0 amide bonds. The van der Waals surface area contributed by atoms with Gasteiger partial charge < -0.3 is 10.1 Å². The van der Waals surface area contributed by atoms with Crippen molar-refractivity contribution >= 4 is 29.1 Å². The number of anilines is 2. The Hall–Kier alpha value is -3.18. The Bertz CT molecular complexity index is 1020. The number of nitrogens with zero attached hydrogens (tertiary/aromatic N) is 2. The molecule has 1 N–H and O–H groups in total. The van der Waals surface area contributed by atoms with Crippen LogP contribution < -0.4 is 5.32 Å². The normalized spacial score (nSPS) is 10.4. The molecule has 0 fully saturated rings. The van der Waals surface area contributed by atoms with Crippen LogP contribution in [0.15, 0.2) is 61.2 Å². The zero-order chi connectivity index (χ0) is 20.8. The second kappa shape index (κ2) is 9.34. The van der Waals surface area contributed by atoms with Crippen LogP contribution >= 0.6 is 11.6 Å². The lowest BCUT2D eigenvalue weighted by Gasteiger charge is -2.14. The van der Waals surface area contributed by atoms with E-state index >= 15 is 0 Å². The first-order valence-electron chi connectivity index (χ1n) is 9.30. The summed E-state index contributed by atoms with van der Waals surface area (Å²) in [6.07, 6.45) is 2.46. The smallest absolute Gasteiger partial charge is 0.338 e. The van der Waals surface area contributed by atoms with E-state index in [9.17, 15) is 4.79 Å². The highest BCUT2D eigenvalue weighted by Gasteiger charge is 2.13. The summed E-state index contributed by atoms with van der Waals surface area (Å²) in [5.41, 5.74) is 4.03. The average molecular weight is 408 g/mol. The predicted octanol–water partition coefficient (Wildman–Crippen LogP) is 5.75. The first kappa shape index (κ1) is 20.6. The molecule has 148 valence electrons. The third-order valence-corrected chi connectivity index (χ3v) is 4.58. The molecule has 0 aliphatic heterocycles. The largest absolute Gasteiger partial charge is 0.462 e. The summed E-state index contributed by atoms with van der Waals surface area (Å²) in [5, 5.41) is 4.00. The number of allylic oxidation sites excluding steroid dienone is 1. The molecule has 0 saturated heterocycles. The highest BCUT2D eigenvalue weighted by molar-refractivity contribution is 6.30. The Morgan fingerprint density at radius 1 is 1.14 bits per heavy atom. The zero-order valence-corrected chi connectivity index (χ0v) is 17.2. The number of aryl methyl sites for hydroxylation is 1. The molecule has 3 rings (SSSR count). The van der Waals surface area contributed by atoms with Crippen LogP contribution in [-0.2, 0) is 11.2 Å². The molecule has 6 heteroatoms. The molecule has 5 nitrogen and oxygen atoms in total. The van der Waals surface area contributed by atoms with E-state index in [1.54, 1.807) is 19.1 Å². The van der Waals surface area contributed by atoms with E-state index in [0.717, 1.165) is 22.5 Å². The van der Waals surface area contributed by atoms with E-state index in [0.29, 0.717) is 35.3 Å². The van der Waals surface area contributed by atoms with E-state index in [1.165, 1.54) is 0 Å². The van der Waals surface area contributed by atoms with Crippen molar-refractivity contribution < 1.29 is 9.53 Å². The molecule has 0 aliphatic carbocycles. The van der Waals surface area contributed by atoms with Gasteiger partial charge in [0.25, 0.3) is 0 Å². The van der Waals surface area contributed by atoms with E-state index in [4.69, 9.17) is 21.3 Å². The summed E-state index contributed by atoms with van der Waals surface area (Å²) >= 11 is 5.99. The first-order chi connectivity index (χ1) is 14.0. The second-order valence-corrected chi connectivity index (χ2v) is 6.82. The third kappa shape index (κ3) is 5.00. The Balaban J connectivity index is 1.95. The molecule has 1 heterocycles. The van der Waals surface area contributed by atoms with Crippen molar-refractivity contribution in [2.24, 2.45) is 0 Å². The number of ether oxygens (including phenoxy) is 1. The van der Waals surface area contributed by atoms with Gasteiger partial charge in [-0.1, -0.05) is 17.7 Å². The van der Waals surface area contributed by atoms with Crippen molar-refractivity contribution in [2.45, 2.75) is 20.3 Å². The molecule has 0 atom stereocenters. The number of rotatable bonds is 7. The molecule has 0 radical (unpaired) electrons. The van der Waals surface area contributed by atoms with Crippen LogP contribution in [0.25, 0.3) is 11.4 Å². The minimum Gasteiger partial charge on any atom is -0.462 e. The van der Waals surface area contributed by atoms with Gasteiger partial charge in [0.05, 0.1) is 12.2 Å². The molecule has 29 heavy (non-hydrogen) atoms. The van der Waals surface area contributed by atoms with Gasteiger partial charge in [0.2, 0.25) is 0 Å². The van der Waals surface area contributed by atoms with E-state index in [1.807, 2.05) is 49.4 Å². The lowest BCUT2D eigenvalue weighted by Crippen LogP contribution is -2.06. The van der Waals surface area contributed by atoms with Gasteiger partial charge in [-0.05, 0) is 68.8 Å². The number of aromatic nitrogens is 2. The number of carbonyl (C=O) groups is 1. The fraction of sp³-hybridized carbons (Fsp3) is 0.174. The Morgan fingerprint density at radius 2 is 1.83 bits per heavy atom. The molecule has 0 saturated carbocycles. The Labute approximate surface area is 175 Å². The van der Waals surface area contributed by atoms with Crippen LogP contribution in [0.5, 0.6) is 0 Å². The van der Waals surface area contributed by atoms with Crippen molar-refractivity contribution in [1.82, 2.24) is 9.97 Å². The van der Waals surface area contributed by atoms with Gasteiger partial charge in [-0.2, -0.15) is 0 Å². The van der Waals surface area contributed by atoms with Gasteiger partial charge in [0, 0.05) is 27.5 Å². The number of hydrogen-bond acceptors (Lipinski definition) is 5. The number of carbonyl (C=O) groups excluding carboxylic acids is 1. The molecular formula is C23H22ClN3O2. The monoisotopic (exact) mass is 407 g/mol. The van der Waals surface area contributed by atoms with Crippen molar-refractivity contribution in [3.63, 3.8) is 0 Å². The zero-order valence-electron chi connectivity index (χ0n) is 16.4. The van der Waals surface area contributed by atoms with Gasteiger partial charge >= 0.3 is 5.97 Å². The fourth-order valence-electron chi connectivity index (χ4n) is 2.86. The summed E-state index contributed by atoms with van der Waals surface area (Å²) in [6.45, 7) is 7.92. The number of benzene rings is 2. The average Bonchev–Trinajstić information content (AvgIpc) is 2.71. The minimum atomic E-state index is -0.339. The molecule has 3 aromatic rings. The van der Waals surface area contributed by atoms with E-state index in [2.05, 4.69) is 16.9 Å². The quantitative estimate of drug-likeness (QED) is 0.398. The lowest BCUT2D eigenvalue weighted by molar-refractivity contribution is 0.0526. The highest BCUT2D eigenvalue weighted by atomic mass is 35.5. The van der Waals surface area contributed by atoms with Crippen LogP contribution in [0.3, 0.4) is 0 Å². The molecule has 0 bridgehead atoms. The summed E-state index contributed by atoms with van der Waals surface area (Å²) in [4.78, 5) is 21.2. The maximum absolute atomic E-state index is 11.8. The van der Waals surface area contributed by atoms with Gasteiger partial charge in [-0.3, -0.25) is 0 Å². The highest BCUT2D eigenvalue weighted by Crippen LogP contribution is 2.26. The van der Waals surface area contributed by atoms with Gasteiger partial charge in [-0.25, -0.2) is 14.8 Å². The van der Waals surface area contributed by atoms with Crippen LogP contribution in [-0.4, -0.2) is 22.5 Å². The van der Waals surface area contributed by atoms with Crippen molar-refractivity contribution in [2.75, 3.05) is 11.9 Å². The lowest BCUT2D eigenvalue weighted by atomic mass is 10.1. The molecule has 2 aromatic carbocycles. The number of hydrogen-bond donors (Lipinski definition) is 1. The minimum absolute atomic E-state index is 0.339. The standard InChI is InChI=1S/C23H22ClN3O2/c1-4-6-20-15(3)25-21(16-7-11-18(24)12-8-16)27-22(20)26-19-13-9-17(10-14-19)23(28)29-5-2/h4,7-14H,1,5-6H2,2-3H3,(H,25,26,27). The molecule has 0 unspecified atom stereocenters. The van der Waals surface area contributed by atoms with Crippen LogP contribution in [0, 0.1) is 6.92 Å². The van der Waals surface area contributed by atoms with Gasteiger partial charge in [-0.15, -0.1) is 6.58 Å². The summed E-state index contributed by atoms with van der Waals surface area (Å²) in [7, 11) is 0. The number of esters is 1. The summed E-state index contributed by atoms with van der Waals surface area (Å²) < 4.78 is 5.03. The molecule has 0 spiro atoms. The van der Waals surface area contributed by atoms with Gasteiger partial charge in [0.1, 0.15) is 5.82 Å². The SMILES string of the molecule is C=CCc1c(C)nc(-c2ccc(Cl)cc2)nc1Nc1ccc(C(=O)OCC)cc1. The third-order valence-electron chi connectivity index (χ3n) is 4.32. The summed E-state index contributed by atoms with van der Waals surface area (Å²) in [6, 6.07) is 14.5. The predicted molar refractivity (Wildman–Crippen MR) is 117 cm³/mol. The maximum Gasteiger partial charge on any atom is 0.338 e. The van der Waals surface area contributed by atoms with Crippen LogP contribution in [0.1, 0.15) is 28.5 Å². The van der Waals surface area contributed by atoms with Crippen molar-refractivity contribution in [1.29, 1.82) is 0 Å². The van der Waals surface area contributed by atoms with Crippen LogP contribution in [0.2, 0.25) is 5.02 Å². The Morgan fingerprint density at radius 3 is 2.45 bits per heavy atom. The Kier molecular flexibility index (Phi) is 6.62. The topological polar surface area (TPSA) is 64.1 Å². The van der Waals surface area contributed by atoms with Crippen LogP contribution in [0.4, 0.5) is 11.5 Å². The first-order valence-corrected chi connectivity index (χ1v) is 9.68. The number of halogens is 1. The molecular weight excluding hydrogens is 386 g/mol. The van der Waals surface area contributed by atoms with E-state index in [-0.39, 0.29) is 5.97 Å². The van der Waals surface area contributed by atoms with E-state index < -0.39 is 0 Å². The maximum atomic E-state index is 11.8. The number of nitrogens with one attached hydrogen (secondary N) is 1. The molecule has 1 aromatic heterocycles. The summed E-state index contributed by atoms with van der Waals surface area (Å²) in [5.74, 6) is 0.971. The fourth-order valence-corrected chi connectivity index (χ4v) is 2.98. The van der Waals surface area contributed by atoms with Crippen molar-refractivity contribution in [3.8, 4) is 11.4 Å².